The predicted octanol–water partition coefficient (Wildman–Crippen LogP) is 4.49. The lowest BCUT2D eigenvalue weighted by atomic mass is 9.99. The first-order chi connectivity index (χ1) is 17.5. The van der Waals surface area contributed by atoms with Crippen LogP contribution in [0.2, 0.25) is 0 Å². The van der Waals surface area contributed by atoms with Crippen molar-refractivity contribution in [2.75, 3.05) is 12.0 Å². The lowest BCUT2D eigenvalue weighted by Gasteiger charge is -2.33. The van der Waals surface area contributed by atoms with Crippen molar-refractivity contribution < 1.29 is 9.53 Å². The highest BCUT2D eigenvalue weighted by molar-refractivity contribution is 5.99. The molecule has 7 heteroatoms. The van der Waals surface area contributed by atoms with Crippen molar-refractivity contribution in [3.05, 3.63) is 90.2 Å². The van der Waals surface area contributed by atoms with Crippen LogP contribution < -0.4 is 20.7 Å². The van der Waals surface area contributed by atoms with Crippen molar-refractivity contribution in [1.82, 2.24) is 14.9 Å². The molecular formula is C29H33N5O2. The third-order valence-electron chi connectivity index (χ3n) is 6.99. The molecule has 3 aromatic rings. The fourth-order valence-corrected chi connectivity index (χ4v) is 5.07. The van der Waals surface area contributed by atoms with Crippen LogP contribution in [0, 0.1) is 6.92 Å². The fourth-order valence-electron chi connectivity index (χ4n) is 5.07. The van der Waals surface area contributed by atoms with E-state index in [1.807, 2.05) is 52.9 Å². The Morgan fingerprint density at radius 1 is 1.19 bits per heavy atom. The molecule has 0 fully saturated rings. The Kier molecular flexibility index (Phi) is 6.80. The van der Waals surface area contributed by atoms with Crippen LogP contribution in [0.5, 0.6) is 5.75 Å². The highest BCUT2D eigenvalue weighted by Gasteiger charge is 2.33. The van der Waals surface area contributed by atoms with Crippen molar-refractivity contribution in [2.24, 2.45) is 5.73 Å². The van der Waals surface area contributed by atoms with E-state index < -0.39 is 0 Å². The van der Waals surface area contributed by atoms with E-state index in [-0.39, 0.29) is 18.0 Å². The van der Waals surface area contributed by atoms with E-state index in [0.717, 1.165) is 48.3 Å². The minimum atomic E-state index is -0.360. The molecule has 2 atom stereocenters. The summed E-state index contributed by atoms with van der Waals surface area (Å²) in [5.41, 5.74) is 11.9. The second-order valence-corrected chi connectivity index (χ2v) is 9.43. The summed E-state index contributed by atoms with van der Waals surface area (Å²) in [6.07, 6.45) is 14.5. The molecule has 1 amide bonds. The number of benzene rings is 2. The van der Waals surface area contributed by atoms with Crippen molar-refractivity contribution in [2.45, 2.75) is 51.1 Å². The summed E-state index contributed by atoms with van der Waals surface area (Å²) < 4.78 is 7.55. The van der Waals surface area contributed by atoms with E-state index in [1.165, 1.54) is 5.56 Å². The molecule has 0 spiro atoms. The van der Waals surface area contributed by atoms with E-state index in [4.69, 9.17) is 10.5 Å². The summed E-state index contributed by atoms with van der Waals surface area (Å²) in [4.78, 5) is 20.1. The zero-order chi connectivity index (χ0) is 25.1. The highest BCUT2D eigenvalue weighted by atomic mass is 16.5. The summed E-state index contributed by atoms with van der Waals surface area (Å²) in [5, 5.41) is 3.34. The Bertz CT molecular complexity index is 1310. The van der Waals surface area contributed by atoms with Crippen LogP contribution in [0.3, 0.4) is 0 Å². The zero-order valence-corrected chi connectivity index (χ0v) is 20.9. The third-order valence-corrected chi connectivity index (χ3v) is 6.99. The molecule has 186 valence electrons. The molecule has 0 radical (unpaired) electrons. The molecule has 0 saturated carbocycles. The van der Waals surface area contributed by atoms with Gasteiger partial charge in [0.05, 0.1) is 36.6 Å². The van der Waals surface area contributed by atoms with Gasteiger partial charge in [0.2, 0.25) is 5.91 Å². The number of aryl methyl sites for hydroxylation is 2. The Morgan fingerprint density at radius 3 is 2.81 bits per heavy atom. The highest BCUT2D eigenvalue weighted by Crippen LogP contribution is 2.32. The number of allylic oxidation sites excluding steroid dienone is 1. The number of nitrogens with one attached hydrogen (secondary N) is 1. The molecule has 2 unspecified atom stereocenters. The molecule has 2 aliphatic rings. The molecule has 1 aliphatic carbocycles. The number of imidazole rings is 1. The van der Waals surface area contributed by atoms with Gasteiger partial charge in [0, 0.05) is 23.6 Å². The number of nitrogens with two attached hydrogens (primary N) is 1. The molecule has 0 saturated heterocycles. The first-order valence-corrected chi connectivity index (χ1v) is 12.5. The number of methoxy groups -OCH3 is 1. The molecule has 0 bridgehead atoms. The van der Waals surface area contributed by atoms with Gasteiger partial charge in [-0.2, -0.15) is 0 Å². The maximum atomic E-state index is 13.8. The number of ether oxygens (including phenoxy) is 1. The number of anilines is 1. The van der Waals surface area contributed by atoms with Crippen molar-refractivity contribution >= 4 is 17.3 Å². The van der Waals surface area contributed by atoms with Gasteiger partial charge in [-0.3, -0.25) is 4.79 Å². The van der Waals surface area contributed by atoms with Crippen LogP contribution in [-0.2, 0) is 11.2 Å². The van der Waals surface area contributed by atoms with Crippen LogP contribution >= 0.6 is 0 Å². The number of rotatable bonds is 6. The van der Waals surface area contributed by atoms with Crippen LogP contribution in [0.1, 0.15) is 42.5 Å². The van der Waals surface area contributed by atoms with Gasteiger partial charge in [0.15, 0.2) is 0 Å². The Balaban J connectivity index is 1.38. The molecule has 1 aromatic heterocycles. The number of hydrogen-bond donors (Lipinski definition) is 2. The van der Waals surface area contributed by atoms with Gasteiger partial charge in [0.1, 0.15) is 11.8 Å². The van der Waals surface area contributed by atoms with Gasteiger partial charge in [-0.15, -0.1) is 0 Å². The van der Waals surface area contributed by atoms with Crippen LogP contribution in [0.15, 0.2) is 73.3 Å². The van der Waals surface area contributed by atoms with Gasteiger partial charge in [-0.05, 0) is 62.8 Å². The molecule has 1 aliphatic heterocycles. The second kappa shape index (κ2) is 10.3. The summed E-state index contributed by atoms with van der Waals surface area (Å²) in [6, 6.07) is 13.8. The maximum Gasteiger partial charge on any atom is 0.250 e. The van der Waals surface area contributed by atoms with Gasteiger partial charge in [-0.1, -0.05) is 36.4 Å². The number of amides is 1. The number of aromatic nitrogens is 2. The molecule has 2 heterocycles. The zero-order valence-electron chi connectivity index (χ0n) is 20.9. The normalized spacial score (nSPS) is 20.1. The molecule has 7 nitrogen and oxygen atoms in total. The van der Waals surface area contributed by atoms with Gasteiger partial charge in [-0.25, -0.2) is 4.98 Å². The summed E-state index contributed by atoms with van der Waals surface area (Å²) in [5.74, 6) is 0.779. The van der Waals surface area contributed by atoms with Gasteiger partial charge < -0.3 is 25.3 Å². The van der Waals surface area contributed by atoms with Crippen molar-refractivity contribution in [3.8, 4) is 11.4 Å². The van der Waals surface area contributed by atoms with Crippen molar-refractivity contribution in [3.63, 3.8) is 0 Å². The SMILES string of the molecule is COc1cc(/C(N)=C/NC2CCc3ccccc3N(C3C=CCCC3)C2=O)ccc1-n1cnc(C)c1. The fraction of sp³-hybridized carbons (Fsp3) is 0.310. The first-order valence-electron chi connectivity index (χ1n) is 12.5. The van der Waals surface area contributed by atoms with Crippen LogP contribution in [0.25, 0.3) is 11.4 Å². The molecule has 3 N–H and O–H groups in total. The van der Waals surface area contributed by atoms with Crippen LogP contribution in [0.4, 0.5) is 5.69 Å². The number of carbonyl (C=O) groups excluding carboxylic acids is 1. The number of hydrogen-bond acceptors (Lipinski definition) is 5. The van der Waals surface area contributed by atoms with Crippen LogP contribution in [-0.4, -0.2) is 34.7 Å². The van der Waals surface area contributed by atoms with Gasteiger partial charge >= 0.3 is 0 Å². The predicted molar refractivity (Wildman–Crippen MR) is 143 cm³/mol. The third kappa shape index (κ3) is 4.73. The lowest BCUT2D eigenvalue weighted by Crippen LogP contribution is -2.49. The average molecular weight is 484 g/mol. The lowest BCUT2D eigenvalue weighted by molar-refractivity contribution is -0.120. The molecule has 36 heavy (non-hydrogen) atoms. The summed E-state index contributed by atoms with van der Waals surface area (Å²) in [6.45, 7) is 1.95. The average Bonchev–Trinajstić information content (AvgIpc) is 3.29. The Morgan fingerprint density at radius 2 is 2.06 bits per heavy atom. The largest absolute Gasteiger partial charge is 0.495 e. The quantitative estimate of drug-likeness (QED) is 0.505. The number of nitrogens with zero attached hydrogens (tertiary/aromatic N) is 3. The summed E-state index contributed by atoms with van der Waals surface area (Å²) >= 11 is 0. The van der Waals surface area contributed by atoms with E-state index in [1.54, 1.807) is 19.6 Å². The molecule has 2 aromatic carbocycles. The number of para-hydroxylation sites is 1. The van der Waals surface area contributed by atoms with E-state index in [9.17, 15) is 4.79 Å². The number of fused-ring (bicyclic) bond motifs is 1. The smallest absolute Gasteiger partial charge is 0.250 e. The van der Waals surface area contributed by atoms with Crippen molar-refractivity contribution in [1.29, 1.82) is 0 Å². The van der Waals surface area contributed by atoms with E-state index >= 15 is 0 Å². The first kappa shape index (κ1) is 23.7. The second-order valence-electron chi connectivity index (χ2n) is 9.43. The Labute approximate surface area is 212 Å². The molecule has 5 rings (SSSR count). The number of carbonyl (C=O) groups is 1. The minimum absolute atomic E-state index is 0.0831. The Hall–Kier alpha value is -4.00. The standard InChI is InChI=1S/C29H33N5O2/c1-20-18-33(19-32-20)27-15-13-22(16-28(27)36-2)24(30)17-31-25-14-12-21-8-6-7-11-26(21)34(29(25)35)23-9-4-3-5-10-23/h4,6-9,11,13,15-19,23,25,31H,3,5,10,12,14,30H2,1-2H3/b24-17-. The molecular weight excluding hydrogens is 450 g/mol. The topological polar surface area (TPSA) is 85.4 Å². The monoisotopic (exact) mass is 483 g/mol. The van der Waals surface area contributed by atoms with Gasteiger partial charge in [0.25, 0.3) is 0 Å². The summed E-state index contributed by atoms with van der Waals surface area (Å²) in [7, 11) is 1.64. The minimum Gasteiger partial charge on any atom is -0.495 e. The van der Waals surface area contributed by atoms with E-state index in [2.05, 4.69) is 34.6 Å². The maximum absolute atomic E-state index is 13.8. The van der Waals surface area contributed by atoms with E-state index in [0.29, 0.717) is 17.9 Å².